The molecule has 0 radical (unpaired) electrons. The van der Waals surface area contributed by atoms with Crippen molar-refractivity contribution in [2.45, 2.75) is 39.2 Å². The second-order valence-electron chi connectivity index (χ2n) is 5.40. The van der Waals surface area contributed by atoms with Crippen molar-refractivity contribution < 1.29 is 4.39 Å². The van der Waals surface area contributed by atoms with E-state index in [2.05, 4.69) is 43.4 Å². The van der Waals surface area contributed by atoms with Crippen LogP contribution in [0.4, 0.5) is 4.39 Å². The summed E-state index contributed by atoms with van der Waals surface area (Å²) >= 11 is 0. The molecule has 0 spiro atoms. The molecule has 2 aromatic carbocycles. The lowest BCUT2D eigenvalue weighted by molar-refractivity contribution is 0.497. The summed E-state index contributed by atoms with van der Waals surface area (Å²) in [6, 6.07) is 15.7. The highest BCUT2D eigenvalue weighted by Gasteiger charge is 2.15. The number of hydrogen-bond acceptors (Lipinski definition) is 1. The fraction of sp³-hybridized carbons (Fsp3) is 0.368. The largest absolute Gasteiger partial charge is 0.310 e. The van der Waals surface area contributed by atoms with Crippen LogP contribution in [0.2, 0.25) is 0 Å². The number of nitrogens with one attached hydrogen (secondary N) is 1. The van der Waals surface area contributed by atoms with Crippen molar-refractivity contribution in [3.63, 3.8) is 0 Å². The molecule has 112 valence electrons. The highest BCUT2D eigenvalue weighted by molar-refractivity contribution is 5.27. The van der Waals surface area contributed by atoms with Gasteiger partial charge in [0, 0.05) is 11.6 Å². The first kappa shape index (κ1) is 15.7. The van der Waals surface area contributed by atoms with E-state index in [0.717, 1.165) is 31.4 Å². The van der Waals surface area contributed by atoms with Gasteiger partial charge >= 0.3 is 0 Å². The third-order valence-corrected chi connectivity index (χ3v) is 3.79. The van der Waals surface area contributed by atoms with E-state index in [0.29, 0.717) is 0 Å². The van der Waals surface area contributed by atoms with Crippen LogP contribution >= 0.6 is 0 Å². The van der Waals surface area contributed by atoms with E-state index in [4.69, 9.17) is 0 Å². The Kier molecular flexibility index (Phi) is 5.94. The smallest absolute Gasteiger partial charge is 0.127 e. The Morgan fingerprint density at radius 2 is 1.62 bits per heavy atom. The maximum absolute atomic E-state index is 14.0. The third-order valence-electron chi connectivity index (χ3n) is 3.79. The highest BCUT2D eigenvalue weighted by atomic mass is 19.1. The van der Waals surface area contributed by atoms with Gasteiger partial charge in [-0.1, -0.05) is 56.3 Å². The minimum absolute atomic E-state index is 0.0265. The Labute approximate surface area is 127 Å². The van der Waals surface area contributed by atoms with Crippen LogP contribution in [0.5, 0.6) is 0 Å². The molecule has 0 amide bonds. The second kappa shape index (κ2) is 7.94. The van der Waals surface area contributed by atoms with Gasteiger partial charge < -0.3 is 5.32 Å². The van der Waals surface area contributed by atoms with Gasteiger partial charge in [0.15, 0.2) is 0 Å². The molecule has 0 heterocycles. The molecule has 0 saturated heterocycles. The molecule has 0 bridgehead atoms. The van der Waals surface area contributed by atoms with Crippen LogP contribution in [-0.4, -0.2) is 6.54 Å². The fourth-order valence-electron chi connectivity index (χ4n) is 2.52. The quantitative estimate of drug-likeness (QED) is 0.779. The van der Waals surface area contributed by atoms with E-state index in [9.17, 15) is 4.39 Å². The zero-order chi connectivity index (χ0) is 15.1. The summed E-state index contributed by atoms with van der Waals surface area (Å²) in [5, 5.41) is 3.46. The van der Waals surface area contributed by atoms with Crippen molar-refractivity contribution in [2.24, 2.45) is 0 Å². The van der Waals surface area contributed by atoms with Crippen molar-refractivity contribution in [2.75, 3.05) is 6.54 Å². The van der Waals surface area contributed by atoms with Gasteiger partial charge in [-0.2, -0.15) is 0 Å². The van der Waals surface area contributed by atoms with Gasteiger partial charge in [0.05, 0.1) is 0 Å². The molecule has 1 nitrogen and oxygen atoms in total. The molecule has 0 aromatic heterocycles. The average Bonchev–Trinajstić information content (AvgIpc) is 2.53. The van der Waals surface area contributed by atoms with Crippen LogP contribution in [0.15, 0.2) is 48.5 Å². The summed E-state index contributed by atoms with van der Waals surface area (Å²) in [4.78, 5) is 0. The molecule has 1 atom stereocenters. The lowest BCUT2D eigenvalue weighted by atomic mass is 9.97. The van der Waals surface area contributed by atoms with Gasteiger partial charge in [-0.15, -0.1) is 0 Å². The van der Waals surface area contributed by atoms with Crippen molar-refractivity contribution in [3.8, 4) is 0 Å². The lowest BCUT2D eigenvalue weighted by Gasteiger charge is -2.20. The monoisotopic (exact) mass is 285 g/mol. The molecule has 1 N–H and O–H groups in total. The molecule has 0 saturated carbocycles. The van der Waals surface area contributed by atoms with E-state index >= 15 is 0 Å². The molecule has 2 aromatic rings. The maximum Gasteiger partial charge on any atom is 0.127 e. The minimum Gasteiger partial charge on any atom is -0.310 e. The zero-order valence-electron chi connectivity index (χ0n) is 12.9. The molecule has 0 fully saturated rings. The van der Waals surface area contributed by atoms with Gasteiger partial charge in [0.1, 0.15) is 5.82 Å². The Hall–Kier alpha value is -1.67. The van der Waals surface area contributed by atoms with Crippen molar-refractivity contribution in [3.05, 3.63) is 71.0 Å². The number of aryl methyl sites for hydroxylation is 1. The molecular weight excluding hydrogens is 261 g/mol. The van der Waals surface area contributed by atoms with E-state index in [1.807, 2.05) is 12.1 Å². The van der Waals surface area contributed by atoms with Crippen molar-refractivity contribution >= 4 is 0 Å². The standard InChI is InChI=1S/C19H24FN/c1-3-13-21-19(17-7-5-6-8-18(17)20)14-16-11-9-15(4-2)10-12-16/h5-12,19,21H,3-4,13-14H2,1-2H3. The normalized spacial score (nSPS) is 12.3. The maximum atomic E-state index is 14.0. The first-order valence-corrected chi connectivity index (χ1v) is 7.80. The van der Waals surface area contributed by atoms with Crippen LogP contribution in [-0.2, 0) is 12.8 Å². The van der Waals surface area contributed by atoms with Crippen molar-refractivity contribution in [1.29, 1.82) is 0 Å². The Bertz CT molecular complexity index is 548. The molecule has 0 aliphatic heterocycles. The van der Waals surface area contributed by atoms with Crippen LogP contribution in [0.25, 0.3) is 0 Å². The molecule has 21 heavy (non-hydrogen) atoms. The van der Waals surface area contributed by atoms with Crippen LogP contribution < -0.4 is 5.32 Å². The number of hydrogen-bond donors (Lipinski definition) is 1. The fourth-order valence-corrected chi connectivity index (χ4v) is 2.52. The van der Waals surface area contributed by atoms with Gasteiger partial charge in [0.2, 0.25) is 0 Å². The highest BCUT2D eigenvalue weighted by Crippen LogP contribution is 2.21. The third kappa shape index (κ3) is 4.40. The first-order valence-electron chi connectivity index (χ1n) is 7.80. The summed E-state index contributed by atoms with van der Waals surface area (Å²) < 4.78 is 14.0. The number of benzene rings is 2. The Morgan fingerprint density at radius 1 is 0.952 bits per heavy atom. The predicted octanol–water partition coefficient (Wildman–Crippen LogP) is 4.67. The van der Waals surface area contributed by atoms with Crippen LogP contribution in [0, 0.1) is 5.82 Å². The Morgan fingerprint density at radius 3 is 2.24 bits per heavy atom. The lowest BCUT2D eigenvalue weighted by Crippen LogP contribution is -2.25. The molecular formula is C19H24FN. The van der Waals surface area contributed by atoms with E-state index < -0.39 is 0 Å². The van der Waals surface area contributed by atoms with E-state index in [1.165, 1.54) is 17.2 Å². The summed E-state index contributed by atoms with van der Waals surface area (Å²) in [5.41, 5.74) is 3.33. The summed E-state index contributed by atoms with van der Waals surface area (Å²) in [6.07, 6.45) is 2.90. The minimum atomic E-state index is -0.128. The molecule has 0 aliphatic carbocycles. The summed E-state index contributed by atoms with van der Waals surface area (Å²) in [7, 11) is 0. The van der Waals surface area contributed by atoms with E-state index in [1.54, 1.807) is 6.07 Å². The van der Waals surface area contributed by atoms with Gasteiger partial charge in [-0.05, 0) is 43.0 Å². The summed E-state index contributed by atoms with van der Waals surface area (Å²) in [6.45, 7) is 5.17. The van der Waals surface area contributed by atoms with E-state index in [-0.39, 0.29) is 11.9 Å². The van der Waals surface area contributed by atoms with Gasteiger partial charge in [-0.3, -0.25) is 0 Å². The number of rotatable bonds is 7. The number of halogens is 1. The SMILES string of the molecule is CCCNC(Cc1ccc(CC)cc1)c1ccccc1F. The second-order valence-corrected chi connectivity index (χ2v) is 5.40. The molecule has 2 heteroatoms. The summed E-state index contributed by atoms with van der Waals surface area (Å²) in [5.74, 6) is -0.128. The zero-order valence-corrected chi connectivity index (χ0v) is 12.9. The first-order chi connectivity index (χ1) is 10.2. The Balaban J connectivity index is 2.17. The molecule has 2 rings (SSSR count). The average molecular weight is 285 g/mol. The van der Waals surface area contributed by atoms with Gasteiger partial charge in [0.25, 0.3) is 0 Å². The van der Waals surface area contributed by atoms with Crippen LogP contribution in [0.1, 0.15) is 43.0 Å². The van der Waals surface area contributed by atoms with Gasteiger partial charge in [-0.25, -0.2) is 4.39 Å². The topological polar surface area (TPSA) is 12.0 Å². The van der Waals surface area contributed by atoms with Crippen LogP contribution in [0.3, 0.4) is 0 Å². The predicted molar refractivity (Wildman–Crippen MR) is 87.0 cm³/mol. The van der Waals surface area contributed by atoms with Crippen molar-refractivity contribution in [1.82, 2.24) is 5.32 Å². The molecule has 0 aliphatic rings. The molecule has 1 unspecified atom stereocenters.